The van der Waals surface area contributed by atoms with Crippen molar-refractivity contribution in [1.82, 2.24) is 4.57 Å². The Morgan fingerprint density at radius 1 is 1.10 bits per heavy atom. The van der Waals surface area contributed by atoms with Crippen molar-refractivity contribution in [2.45, 2.75) is 6.92 Å². The first kappa shape index (κ1) is 19.0. The van der Waals surface area contributed by atoms with Gasteiger partial charge >= 0.3 is 5.97 Å². The van der Waals surface area contributed by atoms with Crippen LogP contribution in [0.5, 0.6) is 0 Å². The molecule has 0 unspecified atom stereocenters. The molecule has 2 heterocycles. The standard InChI is InChI=1S/C23H17N3O4/c1-15-21(18(13-24)22(30-15)26-11-4-5-12-26)23(28)29-14-20(27)25-19-10-6-8-16-7-2-3-9-17(16)19/h2-12H,14H2,1H3,(H,25,27). The molecule has 4 aromatic rings. The zero-order chi connectivity index (χ0) is 21.1. The minimum atomic E-state index is -0.792. The summed E-state index contributed by atoms with van der Waals surface area (Å²) in [6.45, 7) is 1.08. The first-order valence-electron chi connectivity index (χ1n) is 9.20. The zero-order valence-electron chi connectivity index (χ0n) is 16.1. The number of nitrogens with one attached hydrogen (secondary N) is 1. The third-order valence-electron chi connectivity index (χ3n) is 4.62. The molecule has 0 aliphatic carbocycles. The number of aryl methyl sites for hydroxylation is 1. The topological polar surface area (TPSA) is 97.3 Å². The van der Waals surface area contributed by atoms with Crippen molar-refractivity contribution < 1.29 is 18.7 Å². The van der Waals surface area contributed by atoms with Gasteiger partial charge in [-0.3, -0.25) is 9.36 Å². The van der Waals surface area contributed by atoms with Crippen LogP contribution in [0.25, 0.3) is 16.7 Å². The molecule has 0 aliphatic rings. The molecule has 0 saturated heterocycles. The molecule has 0 fully saturated rings. The van der Waals surface area contributed by atoms with Crippen molar-refractivity contribution >= 4 is 28.3 Å². The smallest absolute Gasteiger partial charge is 0.343 e. The number of aromatic nitrogens is 1. The number of nitrogens with zero attached hydrogens (tertiary/aromatic N) is 2. The molecule has 0 bridgehead atoms. The Morgan fingerprint density at radius 2 is 1.83 bits per heavy atom. The quantitative estimate of drug-likeness (QED) is 0.507. The van der Waals surface area contributed by atoms with Crippen molar-refractivity contribution in [3.8, 4) is 12.0 Å². The molecule has 7 heteroatoms. The van der Waals surface area contributed by atoms with Gasteiger partial charge < -0.3 is 14.5 Å². The predicted molar refractivity (Wildman–Crippen MR) is 110 cm³/mol. The monoisotopic (exact) mass is 399 g/mol. The second-order valence-electron chi connectivity index (χ2n) is 6.57. The molecule has 1 amide bonds. The summed E-state index contributed by atoms with van der Waals surface area (Å²) in [5.41, 5.74) is 0.698. The van der Waals surface area contributed by atoms with E-state index >= 15 is 0 Å². The van der Waals surface area contributed by atoms with Gasteiger partial charge in [0.1, 0.15) is 23.0 Å². The van der Waals surface area contributed by atoms with E-state index in [0.29, 0.717) is 5.69 Å². The van der Waals surface area contributed by atoms with Gasteiger partial charge in [0.2, 0.25) is 5.88 Å². The van der Waals surface area contributed by atoms with E-state index in [9.17, 15) is 14.9 Å². The molecule has 2 aromatic carbocycles. The highest BCUT2D eigenvalue weighted by molar-refractivity contribution is 6.03. The van der Waals surface area contributed by atoms with Crippen LogP contribution in [0.4, 0.5) is 5.69 Å². The fraction of sp³-hybridized carbons (Fsp3) is 0.0870. The van der Waals surface area contributed by atoms with Crippen molar-refractivity contribution in [3.05, 3.63) is 83.9 Å². The van der Waals surface area contributed by atoms with E-state index in [2.05, 4.69) is 5.32 Å². The number of carbonyl (C=O) groups is 2. The molecule has 7 nitrogen and oxygen atoms in total. The number of hydrogen-bond donors (Lipinski definition) is 1. The third-order valence-corrected chi connectivity index (χ3v) is 4.62. The van der Waals surface area contributed by atoms with Crippen LogP contribution in [0.1, 0.15) is 21.7 Å². The van der Waals surface area contributed by atoms with Gasteiger partial charge in [-0.25, -0.2) is 4.79 Å². The number of esters is 1. The number of anilines is 1. The van der Waals surface area contributed by atoms with Crippen LogP contribution < -0.4 is 5.32 Å². The number of fused-ring (bicyclic) bond motifs is 1. The number of hydrogen-bond acceptors (Lipinski definition) is 5. The summed E-state index contributed by atoms with van der Waals surface area (Å²) < 4.78 is 12.3. The zero-order valence-corrected chi connectivity index (χ0v) is 16.1. The summed E-state index contributed by atoms with van der Waals surface area (Å²) in [5.74, 6) is -0.800. The molecule has 0 atom stereocenters. The van der Waals surface area contributed by atoms with E-state index in [4.69, 9.17) is 9.15 Å². The summed E-state index contributed by atoms with van der Waals surface area (Å²) >= 11 is 0. The van der Waals surface area contributed by atoms with E-state index in [-0.39, 0.29) is 22.8 Å². The van der Waals surface area contributed by atoms with E-state index < -0.39 is 18.5 Å². The first-order chi connectivity index (χ1) is 14.6. The molecular formula is C23H17N3O4. The lowest BCUT2D eigenvalue weighted by molar-refractivity contribution is -0.119. The number of benzene rings is 2. The Bertz CT molecular complexity index is 1270. The molecule has 30 heavy (non-hydrogen) atoms. The average Bonchev–Trinajstić information content (AvgIpc) is 3.39. The van der Waals surface area contributed by atoms with Crippen LogP contribution in [-0.4, -0.2) is 23.1 Å². The van der Waals surface area contributed by atoms with Gasteiger partial charge in [-0.1, -0.05) is 36.4 Å². The molecule has 0 spiro atoms. The van der Waals surface area contributed by atoms with Crippen LogP contribution in [0.15, 0.2) is 71.4 Å². The summed E-state index contributed by atoms with van der Waals surface area (Å²) in [6.07, 6.45) is 3.40. The van der Waals surface area contributed by atoms with E-state index in [1.165, 1.54) is 0 Å². The number of carbonyl (C=O) groups excluding carboxylic acids is 2. The molecule has 0 aliphatic heterocycles. The highest BCUT2D eigenvalue weighted by Gasteiger charge is 2.26. The highest BCUT2D eigenvalue weighted by atomic mass is 16.5. The summed E-state index contributed by atoms with van der Waals surface area (Å²) in [7, 11) is 0. The molecule has 0 radical (unpaired) electrons. The SMILES string of the molecule is Cc1oc(-n2cccc2)c(C#N)c1C(=O)OCC(=O)Nc1cccc2ccccc12. The van der Waals surface area contributed by atoms with E-state index in [1.54, 1.807) is 42.1 Å². The largest absolute Gasteiger partial charge is 0.452 e. The maximum Gasteiger partial charge on any atom is 0.343 e. The van der Waals surface area contributed by atoms with Gasteiger partial charge in [0.25, 0.3) is 5.91 Å². The molecule has 2 aromatic heterocycles. The van der Waals surface area contributed by atoms with Crippen LogP contribution in [0, 0.1) is 18.3 Å². The Kier molecular flexibility index (Phi) is 5.06. The third kappa shape index (κ3) is 3.54. The van der Waals surface area contributed by atoms with Crippen molar-refractivity contribution in [2.75, 3.05) is 11.9 Å². The van der Waals surface area contributed by atoms with Gasteiger partial charge in [0, 0.05) is 23.5 Å². The Labute approximate surface area is 172 Å². The Balaban J connectivity index is 1.49. The molecule has 1 N–H and O–H groups in total. The Morgan fingerprint density at radius 3 is 2.60 bits per heavy atom. The van der Waals surface area contributed by atoms with E-state index in [1.807, 2.05) is 42.5 Å². The van der Waals surface area contributed by atoms with Crippen LogP contribution >= 0.6 is 0 Å². The van der Waals surface area contributed by atoms with Gasteiger partial charge in [0.05, 0.1) is 0 Å². The number of nitriles is 1. The van der Waals surface area contributed by atoms with Crippen molar-refractivity contribution in [1.29, 1.82) is 5.26 Å². The summed E-state index contributed by atoms with van der Waals surface area (Å²) in [4.78, 5) is 24.9. The lowest BCUT2D eigenvalue weighted by Crippen LogP contribution is -2.21. The van der Waals surface area contributed by atoms with E-state index in [0.717, 1.165) is 10.8 Å². The molecule has 148 valence electrons. The second-order valence-corrected chi connectivity index (χ2v) is 6.57. The molecule has 0 saturated carbocycles. The maximum absolute atomic E-state index is 12.6. The normalized spacial score (nSPS) is 10.5. The molecule has 4 rings (SSSR count). The summed E-state index contributed by atoms with van der Waals surface area (Å²) in [6, 6.07) is 18.7. The van der Waals surface area contributed by atoms with Crippen LogP contribution in [0.3, 0.4) is 0 Å². The molecular weight excluding hydrogens is 382 g/mol. The number of ether oxygens (including phenoxy) is 1. The second kappa shape index (κ2) is 7.97. The fourth-order valence-corrected chi connectivity index (χ4v) is 3.26. The highest BCUT2D eigenvalue weighted by Crippen LogP contribution is 2.26. The first-order valence-corrected chi connectivity index (χ1v) is 9.20. The Hall–Kier alpha value is -4.31. The average molecular weight is 399 g/mol. The fourth-order valence-electron chi connectivity index (χ4n) is 3.26. The van der Waals surface area contributed by atoms with Crippen molar-refractivity contribution in [2.24, 2.45) is 0 Å². The predicted octanol–water partition coefficient (Wildman–Crippen LogP) is 4.20. The lowest BCUT2D eigenvalue weighted by atomic mass is 10.1. The van der Waals surface area contributed by atoms with Gasteiger partial charge in [-0.2, -0.15) is 5.26 Å². The number of rotatable bonds is 5. The van der Waals surface area contributed by atoms with Gasteiger partial charge in [-0.05, 0) is 30.5 Å². The van der Waals surface area contributed by atoms with Gasteiger partial charge in [-0.15, -0.1) is 0 Å². The minimum absolute atomic E-state index is 0.0131. The van der Waals surface area contributed by atoms with Crippen molar-refractivity contribution in [3.63, 3.8) is 0 Å². The maximum atomic E-state index is 12.6. The number of furan rings is 1. The number of amides is 1. The minimum Gasteiger partial charge on any atom is -0.452 e. The summed E-state index contributed by atoms with van der Waals surface area (Å²) in [5, 5.41) is 14.1. The van der Waals surface area contributed by atoms with Crippen LogP contribution in [-0.2, 0) is 9.53 Å². The van der Waals surface area contributed by atoms with Crippen LogP contribution in [0.2, 0.25) is 0 Å². The lowest BCUT2D eigenvalue weighted by Gasteiger charge is -2.09. The van der Waals surface area contributed by atoms with Gasteiger partial charge in [0.15, 0.2) is 6.61 Å².